The minimum Gasteiger partial charge on any atom is -0.357 e. The topological polar surface area (TPSA) is 41.9 Å². The maximum absolute atomic E-state index is 12.6. The summed E-state index contributed by atoms with van der Waals surface area (Å²) in [4.78, 5) is 0. The molecule has 0 aliphatic heterocycles. The van der Waals surface area contributed by atoms with Gasteiger partial charge >= 0.3 is 6.18 Å². The lowest BCUT2D eigenvalue weighted by molar-refractivity contribution is -0.137. The molecule has 1 aromatic carbocycles. The van der Waals surface area contributed by atoms with Crippen molar-refractivity contribution in [1.29, 1.82) is 0 Å². The second kappa shape index (κ2) is 6.78. The number of aryl methyl sites for hydroxylation is 1. The van der Waals surface area contributed by atoms with E-state index >= 15 is 0 Å². The number of nitrogens with zero attached hydrogens (tertiary/aromatic N) is 2. The third kappa shape index (κ3) is 4.20. The Labute approximate surface area is 131 Å². The van der Waals surface area contributed by atoms with Gasteiger partial charge in [-0.3, -0.25) is 4.68 Å². The first-order chi connectivity index (χ1) is 10.4. The molecule has 0 atom stereocenters. The van der Waals surface area contributed by atoms with E-state index in [1.807, 2.05) is 13.0 Å². The van der Waals surface area contributed by atoms with Crippen molar-refractivity contribution in [3.63, 3.8) is 0 Å². The van der Waals surface area contributed by atoms with Crippen LogP contribution in [0, 0.1) is 0 Å². The Morgan fingerprint density at radius 1 is 1.32 bits per heavy atom. The molecule has 0 saturated carbocycles. The zero-order valence-corrected chi connectivity index (χ0v) is 12.6. The largest absolute Gasteiger partial charge is 0.416 e. The van der Waals surface area contributed by atoms with E-state index in [0.29, 0.717) is 6.54 Å². The van der Waals surface area contributed by atoms with Crippen LogP contribution in [0.1, 0.15) is 18.2 Å². The third-order valence-corrected chi connectivity index (χ3v) is 3.23. The monoisotopic (exact) mass is 328 g/mol. The van der Waals surface area contributed by atoms with E-state index in [-0.39, 0.29) is 10.8 Å². The second-order valence-corrected chi connectivity index (χ2v) is 4.93. The molecule has 0 radical (unpaired) electrons. The van der Waals surface area contributed by atoms with Gasteiger partial charge in [-0.25, -0.2) is 0 Å². The van der Waals surface area contributed by atoms with E-state index in [1.165, 1.54) is 12.1 Å². The molecular weight excluding hydrogens is 313 g/mol. The Balaban J connectivity index is 1.95. The molecule has 0 fully saturated rings. The zero-order chi connectivity index (χ0) is 16.2. The summed E-state index contributed by atoms with van der Waals surface area (Å²) >= 11 is 5.09. The van der Waals surface area contributed by atoms with Crippen LogP contribution in [0.25, 0.3) is 0 Å². The van der Waals surface area contributed by atoms with Crippen molar-refractivity contribution in [2.45, 2.75) is 26.2 Å². The van der Waals surface area contributed by atoms with Crippen LogP contribution in [-0.2, 0) is 19.3 Å². The maximum Gasteiger partial charge on any atom is 0.416 e. The van der Waals surface area contributed by atoms with E-state index < -0.39 is 11.7 Å². The Bertz CT molecular complexity index is 652. The number of hydrogen-bond donors (Lipinski definition) is 2. The summed E-state index contributed by atoms with van der Waals surface area (Å²) in [5.74, 6) is 0. The summed E-state index contributed by atoms with van der Waals surface area (Å²) in [7, 11) is 0. The molecule has 2 rings (SSSR count). The molecule has 0 bridgehead atoms. The fourth-order valence-corrected chi connectivity index (χ4v) is 2.10. The lowest BCUT2D eigenvalue weighted by Gasteiger charge is -2.13. The number of benzene rings is 1. The van der Waals surface area contributed by atoms with E-state index in [9.17, 15) is 13.2 Å². The number of alkyl halides is 3. The van der Waals surface area contributed by atoms with Crippen molar-refractivity contribution in [3.8, 4) is 0 Å². The van der Waals surface area contributed by atoms with Gasteiger partial charge in [-0.15, -0.1) is 0 Å². The van der Waals surface area contributed by atoms with Gasteiger partial charge in [0.25, 0.3) is 0 Å². The van der Waals surface area contributed by atoms with Crippen LogP contribution >= 0.6 is 12.2 Å². The quantitative estimate of drug-likeness (QED) is 0.844. The Morgan fingerprint density at radius 2 is 2.09 bits per heavy atom. The molecule has 0 unspecified atom stereocenters. The van der Waals surface area contributed by atoms with Crippen LogP contribution in [0.4, 0.5) is 18.9 Å². The van der Waals surface area contributed by atoms with Gasteiger partial charge in [-0.05, 0) is 43.4 Å². The van der Waals surface area contributed by atoms with Gasteiger partial charge in [-0.1, -0.05) is 6.07 Å². The summed E-state index contributed by atoms with van der Waals surface area (Å²) < 4.78 is 39.7. The first kappa shape index (κ1) is 16.3. The lowest BCUT2D eigenvalue weighted by atomic mass is 10.2. The third-order valence-electron chi connectivity index (χ3n) is 2.98. The normalized spacial score (nSPS) is 11.3. The minimum atomic E-state index is -4.37. The fraction of sp³-hybridized carbons (Fsp3) is 0.286. The van der Waals surface area contributed by atoms with Crippen molar-refractivity contribution in [1.82, 2.24) is 15.1 Å². The molecule has 1 aromatic heterocycles. The Morgan fingerprint density at radius 3 is 2.77 bits per heavy atom. The molecule has 0 spiro atoms. The minimum absolute atomic E-state index is 0.253. The van der Waals surface area contributed by atoms with E-state index in [2.05, 4.69) is 15.7 Å². The van der Waals surface area contributed by atoms with E-state index in [4.69, 9.17) is 12.2 Å². The van der Waals surface area contributed by atoms with Crippen molar-refractivity contribution >= 4 is 23.0 Å². The molecule has 118 valence electrons. The van der Waals surface area contributed by atoms with Crippen LogP contribution < -0.4 is 10.6 Å². The Hall–Kier alpha value is -2.09. The predicted octanol–water partition coefficient (Wildman–Crippen LogP) is 3.41. The maximum atomic E-state index is 12.6. The number of rotatable bonds is 4. The smallest absolute Gasteiger partial charge is 0.357 e. The molecule has 0 amide bonds. The number of hydrogen-bond acceptors (Lipinski definition) is 2. The predicted molar refractivity (Wildman–Crippen MR) is 82.4 cm³/mol. The van der Waals surface area contributed by atoms with Crippen LogP contribution in [-0.4, -0.2) is 14.9 Å². The standard InChI is InChI=1S/C14H15F3N4S/c1-2-21-12(6-7-19-21)9-18-13(22)20-11-5-3-4-10(8-11)14(15,16)17/h3-8H,2,9H2,1H3,(H2,18,20,22). The highest BCUT2D eigenvalue weighted by Crippen LogP contribution is 2.30. The number of nitrogens with one attached hydrogen (secondary N) is 2. The number of aromatic nitrogens is 2. The van der Waals surface area contributed by atoms with Gasteiger partial charge in [-0.2, -0.15) is 18.3 Å². The average Bonchev–Trinajstić information content (AvgIpc) is 2.92. The summed E-state index contributed by atoms with van der Waals surface area (Å²) in [6.45, 7) is 3.15. The van der Waals surface area contributed by atoms with Crippen LogP contribution in [0.3, 0.4) is 0 Å². The number of anilines is 1. The molecular formula is C14H15F3N4S. The van der Waals surface area contributed by atoms with Crippen LogP contribution in [0.5, 0.6) is 0 Å². The Kier molecular flexibility index (Phi) is 5.02. The highest BCUT2D eigenvalue weighted by molar-refractivity contribution is 7.80. The van der Waals surface area contributed by atoms with Crippen LogP contribution in [0.15, 0.2) is 36.5 Å². The molecule has 22 heavy (non-hydrogen) atoms. The van der Waals surface area contributed by atoms with Crippen molar-refractivity contribution in [2.75, 3.05) is 5.32 Å². The summed E-state index contributed by atoms with van der Waals surface area (Å²) in [6.07, 6.45) is -2.69. The highest BCUT2D eigenvalue weighted by atomic mass is 32.1. The second-order valence-electron chi connectivity index (χ2n) is 4.52. The SMILES string of the molecule is CCn1nccc1CNC(=S)Nc1cccc(C(F)(F)F)c1. The zero-order valence-electron chi connectivity index (χ0n) is 11.8. The van der Waals surface area contributed by atoms with E-state index in [0.717, 1.165) is 24.4 Å². The summed E-state index contributed by atoms with van der Waals surface area (Å²) in [5.41, 5.74) is 0.511. The highest BCUT2D eigenvalue weighted by Gasteiger charge is 2.30. The molecule has 2 aromatic rings. The molecule has 0 aliphatic carbocycles. The molecule has 4 nitrogen and oxygen atoms in total. The molecule has 0 saturated heterocycles. The molecule has 8 heteroatoms. The lowest BCUT2D eigenvalue weighted by Crippen LogP contribution is -2.29. The average molecular weight is 328 g/mol. The molecule has 2 N–H and O–H groups in total. The van der Waals surface area contributed by atoms with Gasteiger partial charge in [0.15, 0.2) is 5.11 Å². The van der Waals surface area contributed by atoms with Gasteiger partial charge < -0.3 is 10.6 Å². The fourth-order valence-electron chi connectivity index (χ4n) is 1.91. The van der Waals surface area contributed by atoms with Gasteiger partial charge in [0.1, 0.15) is 0 Å². The summed E-state index contributed by atoms with van der Waals surface area (Å²) in [5, 5.41) is 10.1. The first-order valence-electron chi connectivity index (χ1n) is 6.63. The van der Waals surface area contributed by atoms with Gasteiger partial charge in [0.05, 0.1) is 17.8 Å². The van der Waals surface area contributed by atoms with Crippen LogP contribution in [0.2, 0.25) is 0 Å². The van der Waals surface area contributed by atoms with Crippen molar-refractivity contribution < 1.29 is 13.2 Å². The van der Waals surface area contributed by atoms with Crippen molar-refractivity contribution in [2.24, 2.45) is 0 Å². The van der Waals surface area contributed by atoms with Gasteiger partial charge in [0, 0.05) is 18.4 Å². The number of halogens is 3. The molecule has 1 heterocycles. The number of thiocarbonyl (C=S) groups is 1. The summed E-state index contributed by atoms with van der Waals surface area (Å²) in [6, 6.07) is 6.74. The van der Waals surface area contributed by atoms with Crippen molar-refractivity contribution in [3.05, 3.63) is 47.8 Å². The van der Waals surface area contributed by atoms with E-state index in [1.54, 1.807) is 10.9 Å². The first-order valence-corrected chi connectivity index (χ1v) is 7.03. The molecule has 0 aliphatic rings. The van der Waals surface area contributed by atoms with Gasteiger partial charge in [0.2, 0.25) is 0 Å².